The normalized spacial score (nSPS) is 21.2. The van der Waals surface area contributed by atoms with E-state index in [-0.39, 0.29) is 18.1 Å². The number of nitrogens with zero attached hydrogens (tertiary/aromatic N) is 2. The fraction of sp³-hybridized carbons (Fsp3) is 0.588. The third-order valence-electron chi connectivity index (χ3n) is 4.40. The number of carbonyl (C=O) groups excluding carboxylic acids is 1. The van der Waals surface area contributed by atoms with E-state index in [0.29, 0.717) is 29.7 Å². The Hall–Kier alpha value is -1.01. The minimum absolute atomic E-state index is 0.0785. The number of amides is 2. The van der Waals surface area contributed by atoms with Crippen LogP contribution in [0.1, 0.15) is 18.4 Å². The Morgan fingerprint density at radius 3 is 2.83 bits per heavy atom. The summed E-state index contributed by atoms with van der Waals surface area (Å²) >= 11 is 12.1. The van der Waals surface area contributed by atoms with Gasteiger partial charge in [0.1, 0.15) is 0 Å². The molecule has 7 heteroatoms. The molecule has 0 unspecified atom stereocenters. The lowest BCUT2D eigenvalue weighted by Crippen LogP contribution is -2.54. The van der Waals surface area contributed by atoms with Gasteiger partial charge in [-0.1, -0.05) is 35.3 Å². The van der Waals surface area contributed by atoms with E-state index in [4.69, 9.17) is 23.2 Å². The molecular weight excluding hydrogens is 349 g/mol. The van der Waals surface area contributed by atoms with Crippen LogP contribution in [0, 0.1) is 5.41 Å². The summed E-state index contributed by atoms with van der Waals surface area (Å²) in [7, 11) is 3.97. The van der Waals surface area contributed by atoms with Gasteiger partial charge in [-0.05, 0) is 38.6 Å². The second kappa shape index (κ2) is 8.39. The van der Waals surface area contributed by atoms with Gasteiger partial charge in [-0.15, -0.1) is 0 Å². The highest BCUT2D eigenvalue weighted by Gasteiger charge is 2.37. The van der Waals surface area contributed by atoms with E-state index in [0.717, 1.165) is 24.9 Å². The molecule has 1 heterocycles. The van der Waals surface area contributed by atoms with Crippen LogP contribution in [0.3, 0.4) is 0 Å². The third-order valence-corrected chi connectivity index (χ3v) is 5.26. The molecular formula is C17H25Cl2N3O2. The number of benzene rings is 1. The topological polar surface area (TPSA) is 55.8 Å². The Morgan fingerprint density at radius 2 is 2.17 bits per heavy atom. The summed E-state index contributed by atoms with van der Waals surface area (Å²) < 4.78 is 0. The van der Waals surface area contributed by atoms with Crippen LogP contribution in [0.25, 0.3) is 0 Å². The van der Waals surface area contributed by atoms with Gasteiger partial charge in [0.05, 0.1) is 16.7 Å². The van der Waals surface area contributed by atoms with Crippen LogP contribution in [-0.4, -0.2) is 61.3 Å². The van der Waals surface area contributed by atoms with E-state index < -0.39 is 0 Å². The molecule has 1 aromatic rings. The van der Waals surface area contributed by atoms with E-state index in [9.17, 15) is 9.90 Å². The number of aliphatic hydroxyl groups is 1. The first kappa shape index (κ1) is 19.3. The number of aliphatic hydroxyl groups excluding tert-OH is 1. The molecule has 2 N–H and O–H groups in total. The van der Waals surface area contributed by atoms with E-state index in [2.05, 4.69) is 10.2 Å². The number of rotatable bonds is 5. The fourth-order valence-electron chi connectivity index (χ4n) is 3.33. The summed E-state index contributed by atoms with van der Waals surface area (Å²) in [6, 6.07) is 5.23. The van der Waals surface area contributed by atoms with Gasteiger partial charge in [0.25, 0.3) is 0 Å². The number of hydrogen-bond acceptors (Lipinski definition) is 3. The van der Waals surface area contributed by atoms with Gasteiger partial charge in [-0.25, -0.2) is 4.79 Å². The monoisotopic (exact) mass is 373 g/mol. The SMILES string of the molecule is CN(C)C[C@]1(CO)CCCN(C(=O)NCc2cccc(Cl)c2Cl)C1. The van der Waals surface area contributed by atoms with Crippen molar-refractivity contribution in [3.8, 4) is 0 Å². The molecule has 1 saturated heterocycles. The summed E-state index contributed by atoms with van der Waals surface area (Å²) in [5, 5.41) is 13.7. The Labute approximate surface area is 153 Å². The summed E-state index contributed by atoms with van der Waals surface area (Å²) in [4.78, 5) is 16.3. The smallest absolute Gasteiger partial charge is 0.317 e. The minimum atomic E-state index is -0.257. The van der Waals surface area contributed by atoms with Gasteiger partial charge < -0.3 is 20.2 Å². The predicted octanol–water partition coefficient (Wildman–Crippen LogP) is 2.84. The highest BCUT2D eigenvalue weighted by molar-refractivity contribution is 6.42. The molecule has 2 amide bonds. The molecule has 0 aliphatic carbocycles. The summed E-state index contributed by atoms with van der Waals surface area (Å²) in [5.41, 5.74) is 0.531. The van der Waals surface area contributed by atoms with Gasteiger partial charge in [-0.2, -0.15) is 0 Å². The van der Waals surface area contributed by atoms with Crippen molar-refractivity contribution in [3.05, 3.63) is 33.8 Å². The van der Waals surface area contributed by atoms with E-state index in [1.54, 1.807) is 11.0 Å². The lowest BCUT2D eigenvalue weighted by molar-refractivity contribution is 0.0271. The number of urea groups is 1. The molecule has 0 saturated carbocycles. The van der Waals surface area contributed by atoms with E-state index in [1.165, 1.54) is 0 Å². The van der Waals surface area contributed by atoms with Gasteiger partial charge in [0.2, 0.25) is 0 Å². The van der Waals surface area contributed by atoms with Crippen LogP contribution in [0.5, 0.6) is 0 Å². The number of halogens is 2. The van der Waals surface area contributed by atoms with Crippen molar-refractivity contribution in [1.29, 1.82) is 0 Å². The largest absolute Gasteiger partial charge is 0.396 e. The summed E-state index contributed by atoms with van der Waals surface area (Å²) in [6.45, 7) is 2.41. The van der Waals surface area contributed by atoms with E-state index in [1.807, 2.05) is 26.2 Å². The van der Waals surface area contributed by atoms with Crippen LogP contribution >= 0.6 is 23.2 Å². The molecule has 1 aromatic carbocycles. The number of carbonyl (C=O) groups is 1. The average molecular weight is 374 g/mol. The van der Waals surface area contributed by atoms with Crippen molar-refractivity contribution in [1.82, 2.24) is 15.1 Å². The predicted molar refractivity (Wildman–Crippen MR) is 97.6 cm³/mol. The highest BCUT2D eigenvalue weighted by atomic mass is 35.5. The van der Waals surface area contributed by atoms with Gasteiger partial charge >= 0.3 is 6.03 Å². The second-order valence-electron chi connectivity index (χ2n) is 6.79. The Morgan fingerprint density at radius 1 is 1.42 bits per heavy atom. The lowest BCUT2D eigenvalue weighted by atomic mass is 9.80. The van der Waals surface area contributed by atoms with E-state index >= 15 is 0 Å². The zero-order chi connectivity index (χ0) is 17.7. The first-order chi connectivity index (χ1) is 11.4. The van der Waals surface area contributed by atoms with Crippen LogP contribution in [-0.2, 0) is 6.54 Å². The second-order valence-corrected chi connectivity index (χ2v) is 7.58. The Bertz CT molecular complexity index is 583. The maximum Gasteiger partial charge on any atom is 0.317 e. The van der Waals surface area contributed by atoms with Gasteiger partial charge in [-0.3, -0.25) is 0 Å². The quantitative estimate of drug-likeness (QED) is 0.834. The molecule has 1 fully saturated rings. The number of piperidine rings is 1. The highest BCUT2D eigenvalue weighted by Crippen LogP contribution is 2.30. The molecule has 0 aromatic heterocycles. The average Bonchev–Trinajstić information content (AvgIpc) is 2.55. The maximum absolute atomic E-state index is 12.5. The molecule has 0 bridgehead atoms. The van der Waals surface area contributed by atoms with Crippen LogP contribution in [0.4, 0.5) is 4.79 Å². The molecule has 1 aliphatic rings. The molecule has 5 nitrogen and oxygen atoms in total. The van der Waals surface area contributed by atoms with Crippen LogP contribution < -0.4 is 5.32 Å². The minimum Gasteiger partial charge on any atom is -0.396 e. The number of hydrogen-bond donors (Lipinski definition) is 2. The number of nitrogens with one attached hydrogen (secondary N) is 1. The molecule has 2 rings (SSSR count). The number of likely N-dealkylation sites (tertiary alicyclic amines) is 1. The lowest BCUT2D eigenvalue weighted by Gasteiger charge is -2.43. The zero-order valence-corrected chi connectivity index (χ0v) is 15.7. The van der Waals surface area contributed by atoms with Crippen molar-refractivity contribution in [2.45, 2.75) is 19.4 Å². The van der Waals surface area contributed by atoms with Crippen LogP contribution in [0.2, 0.25) is 10.0 Å². The molecule has 134 valence electrons. The van der Waals surface area contributed by atoms with Crippen molar-refractivity contribution in [3.63, 3.8) is 0 Å². The molecule has 1 aliphatic heterocycles. The fourth-order valence-corrected chi connectivity index (χ4v) is 3.71. The molecule has 0 radical (unpaired) electrons. The maximum atomic E-state index is 12.5. The van der Waals surface area contributed by atoms with Gasteiger partial charge in [0, 0.05) is 31.6 Å². The Kier molecular flexibility index (Phi) is 6.75. The van der Waals surface area contributed by atoms with Crippen LogP contribution in [0.15, 0.2) is 18.2 Å². The molecule has 0 spiro atoms. The molecule has 24 heavy (non-hydrogen) atoms. The van der Waals surface area contributed by atoms with Crippen molar-refractivity contribution in [2.75, 3.05) is 40.3 Å². The van der Waals surface area contributed by atoms with Crippen molar-refractivity contribution >= 4 is 29.2 Å². The summed E-state index contributed by atoms with van der Waals surface area (Å²) in [5.74, 6) is 0. The first-order valence-electron chi connectivity index (χ1n) is 8.08. The third kappa shape index (κ3) is 4.76. The first-order valence-corrected chi connectivity index (χ1v) is 8.84. The van der Waals surface area contributed by atoms with Gasteiger partial charge in [0.15, 0.2) is 0 Å². The Balaban J connectivity index is 1.97. The standard InChI is InChI=1S/C17H25Cl2N3O2/c1-21(2)10-17(12-23)7-4-8-22(11-17)16(24)20-9-13-5-3-6-14(18)15(13)19/h3,5-6,23H,4,7-12H2,1-2H3,(H,20,24)/t17-/m1/s1. The molecule has 1 atom stereocenters. The van der Waals surface area contributed by atoms with Crippen molar-refractivity contribution < 1.29 is 9.90 Å². The van der Waals surface area contributed by atoms with Crippen molar-refractivity contribution in [2.24, 2.45) is 5.41 Å². The zero-order valence-electron chi connectivity index (χ0n) is 14.2. The summed E-state index contributed by atoms with van der Waals surface area (Å²) in [6.07, 6.45) is 1.81.